The second kappa shape index (κ2) is 13.6. The Morgan fingerprint density at radius 3 is 0.650 bits per heavy atom. The van der Waals surface area contributed by atoms with Crippen molar-refractivity contribution in [3.8, 4) is 0 Å². The van der Waals surface area contributed by atoms with Gasteiger partial charge in [0.2, 0.25) is 0 Å². The lowest BCUT2D eigenvalue weighted by molar-refractivity contribution is 1.40. The average molecular weight is 270 g/mol. The molecule has 2 aromatic carbocycles. The van der Waals surface area contributed by atoms with Gasteiger partial charge < -0.3 is 0 Å². The maximum atomic E-state index is 3.00. The molecule has 0 fully saturated rings. The molecule has 0 heteroatoms. The molecule has 2 aromatic rings. The number of hydrogen-bond acceptors (Lipinski definition) is 0. The van der Waals surface area contributed by atoms with Crippen LogP contribution in [0, 0.1) is 27.7 Å². The van der Waals surface area contributed by atoms with Crippen LogP contribution in [0.1, 0.15) is 36.1 Å². The molecule has 0 atom stereocenters. The molecule has 0 aliphatic carbocycles. The fourth-order valence-corrected chi connectivity index (χ4v) is 1.27. The van der Waals surface area contributed by atoms with Crippen molar-refractivity contribution in [3.63, 3.8) is 0 Å². The molecule has 0 saturated carbocycles. The van der Waals surface area contributed by atoms with Crippen molar-refractivity contribution in [1.82, 2.24) is 0 Å². The van der Waals surface area contributed by atoms with Crippen molar-refractivity contribution in [1.29, 1.82) is 0 Å². The number of aryl methyl sites for hydroxylation is 4. The predicted octanol–water partition coefficient (Wildman–Crippen LogP) is 6.44. The first-order valence-electron chi connectivity index (χ1n) is 7.14. The molecular formula is C20H30. The summed E-state index contributed by atoms with van der Waals surface area (Å²) in [7, 11) is 0. The molecule has 0 aliphatic rings. The third kappa shape index (κ3) is 11.3. The quantitative estimate of drug-likeness (QED) is 0.483. The van der Waals surface area contributed by atoms with Gasteiger partial charge in [0.25, 0.3) is 0 Å². The molecule has 20 heavy (non-hydrogen) atoms. The van der Waals surface area contributed by atoms with E-state index >= 15 is 0 Å². The lowest BCUT2D eigenvalue weighted by Gasteiger charge is -1.90. The van der Waals surface area contributed by atoms with Gasteiger partial charge in [0.1, 0.15) is 0 Å². The van der Waals surface area contributed by atoms with Gasteiger partial charge >= 0.3 is 0 Å². The standard InChI is InChI=1S/2C8H10.C2H6.C2H4/c2*1-7-3-5-8(2)6-4-7;2*1-2/h2*3-6H,1-2H3;1-2H3;1-2H2. The first-order valence-corrected chi connectivity index (χ1v) is 7.14. The molecular weight excluding hydrogens is 240 g/mol. The zero-order valence-electron chi connectivity index (χ0n) is 14.0. The summed E-state index contributed by atoms with van der Waals surface area (Å²) in [5.74, 6) is 0. The van der Waals surface area contributed by atoms with Gasteiger partial charge in [-0.3, -0.25) is 0 Å². The smallest absolute Gasteiger partial charge is 0.0398 e. The summed E-state index contributed by atoms with van der Waals surface area (Å²) in [5, 5.41) is 0. The molecule has 0 radical (unpaired) electrons. The van der Waals surface area contributed by atoms with E-state index in [0.29, 0.717) is 0 Å². The maximum absolute atomic E-state index is 3.00. The number of rotatable bonds is 0. The van der Waals surface area contributed by atoms with Crippen molar-refractivity contribution < 1.29 is 0 Å². The number of benzene rings is 2. The first kappa shape index (κ1) is 20.5. The highest BCUT2D eigenvalue weighted by Gasteiger charge is 1.80. The van der Waals surface area contributed by atoms with Crippen molar-refractivity contribution >= 4 is 0 Å². The Balaban J connectivity index is 0. The molecule has 0 heterocycles. The minimum atomic E-state index is 1.33. The van der Waals surface area contributed by atoms with E-state index in [1.54, 1.807) is 0 Å². The Morgan fingerprint density at radius 1 is 0.450 bits per heavy atom. The Morgan fingerprint density at radius 2 is 0.550 bits per heavy atom. The summed E-state index contributed by atoms with van der Waals surface area (Å²) in [5.41, 5.74) is 5.32. The Hall–Kier alpha value is -1.82. The van der Waals surface area contributed by atoms with Gasteiger partial charge in [0, 0.05) is 0 Å². The van der Waals surface area contributed by atoms with E-state index in [4.69, 9.17) is 0 Å². The normalized spacial score (nSPS) is 7.90. The largest absolute Gasteiger partial charge is 0.106 e. The van der Waals surface area contributed by atoms with Gasteiger partial charge in [-0.15, -0.1) is 13.2 Å². The van der Waals surface area contributed by atoms with Crippen LogP contribution in [0.4, 0.5) is 0 Å². The topological polar surface area (TPSA) is 0 Å². The van der Waals surface area contributed by atoms with E-state index in [9.17, 15) is 0 Å². The molecule has 0 nitrogen and oxygen atoms in total. The zero-order chi connectivity index (χ0) is 16.0. The lowest BCUT2D eigenvalue weighted by Crippen LogP contribution is -1.70. The SMILES string of the molecule is C=C.CC.Cc1ccc(C)cc1.Cc1ccc(C)cc1. The van der Waals surface area contributed by atoms with Crippen LogP contribution in [0.2, 0.25) is 0 Å². The maximum Gasteiger partial charge on any atom is -0.0398 e. The monoisotopic (exact) mass is 270 g/mol. The summed E-state index contributed by atoms with van der Waals surface area (Å²) < 4.78 is 0. The van der Waals surface area contributed by atoms with Gasteiger partial charge in [-0.05, 0) is 27.7 Å². The van der Waals surface area contributed by atoms with Gasteiger partial charge in [0.15, 0.2) is 0 Å². The lowest BCUT2D eigenvalue weighted by atomic mass is 10.2. The molecule has 110 valence electrons. The van der Waals surface area contributed by atoms with E-state index in [1.165, 1.54) is 22.3 Å². The van der Waals surface area contributed by atoms with Crippen LogP contribution in [0.25, 0.3) is 0 Å². The van der Waals surface area contributed by atoms with Crippen molar-refractivity contribution in [3.05, 3.63) is 83.9 Å². The third-order valence-corrected chi connectivity index (χ3v) is 2.44. The molecule has 0 amide bonds. The van der Waals surface area contributed by atoms with Crippen molar-refractivity contribution in [2.24, 2.45) is 0 Å². The van der Waals surface area contributed by atoms with Crippen LogP contribution >= 0.6 is 0 Å². The van der Waals surface area contributed by atoms with E-state index in [1.807, 2.05) is 13.8 Å². The summed E-state index contributed by atoms with van der Waals surface area (Å²) in [6.07, 6.45) is 0. The van der Waals surface area contributed by atoms with E-state index in [-0.39, 0.29) is 0 Å². The highest BCUT2D eigenvalue weighted by molar-refractivity contribution is 5.20. The molecule has 0 aliphatic heterocycles. The van der Waals surface area contributed by atoms with Gasteiger partial charge in [-0.25, -0.2) is 0 Å². The third-order valence-electron chi connectivity index (χ3n) is 2.44. The van der Waals surface area contributed by atoms with Gasteiger partial charge in [-0.1, -0.05) is 84.6 Å². The van der Waals surface area contributed by atoms with Crippen LogP contribution in [0.15, 0.2) is 61.7 Å². The summed E-state index contributed by atoms with van der Waals surface area (Å²) >= 11 is 0. The van der Waals surface area contributed by atoms with Crippen LogP contribution < -0.4 is 0 Å². The van der Waals surface area contributed by atoms with Crippen molar-refractivity contribution in [2.75, 3.05) is 0 Å². The summed E-state index contributed by atoms with van der Waals surface area (Å²) in [4.78, 5) is 0. The van der Waals surface area contributed by atoms with E-state index < -0.39 is 0 Å². The fourth-order valence-electron chi connectivity index (χ4n) is 1.27. The van der Waals surface area contributed by atoms with E-state index in [0.717, 1.165) is 0 Å². The molecule has 0 unspecified atom stereocenters. The predicted molar refractivity (Wildman–Crippen MR) is 94.4 cm³/mol. The molecule has 0 spiro atoms. The second-order valence-electron chi connectivity index (χ2n) is 4.31. The highest BCUT2D eigenvalue weighted by atomic mass is 13.9. The molecule has 2 rings (SSSR count). The molecule has 0 aromatic heterocycles. The van der Waals surface area contributed by atoms with Crippen LogP contribution in [-0.2, 0) is 0 Å². The fraction of sp³-hybridized carbons (Fsp3) is 0.300. The summed E-state index contributed by atoms with van der Waals surface area (Å²) in [6, 6.07) is 17.0. The molecule has 0 bridgehead atoms. The minimum Gasteiger partial charge on any atom is -0.106 e. The van der Waals surface area contributed by atoms with Crippen LogP contribution in [-0.4, -0.2) is 0 Å². The van der Waals surface area contributed by atoms with Gasteiger partial charge in [-0.2, -0.15) is 0 Å². The first-order chi connectivity index (χ1) is 9.58. The molecule has 0 N–H and O–H groups in total. The van der Waals surface area contributed by atoms with Gasteiger partial charge in [0.05, 0.1) is 0 Å². The van der Waals surface area contributed by atoms with Crippen molar-refractivity contribution in [2.45, 2.75) is 41.5 Å². The summed E-state index contributed by atoms with van der Waals surface area (Å²) in [6.45, 7) is 18.4. The molecule has 0 saturated heterocycles. The Labute approximate surface area is 126 Å². The Kier molecular flexibility index (Phi) is 13.9. The second-order valence-corrected chi connectivity index (χ2v) is 4.31. The zero-order valence-corrected chi connectivity index (χ0v) is 14.0. The van der Waals surface area contributed by atoms with Crippen LogP contribution in [0.3, 0.4) is 0 Å². The number of hydrogen-bond donors (Lipinski definition) is 0. The average Bonchev–Trinajstić information content (AvgIpc) is 2.50. The Bertz CT molecular complexity index is 335. The van der Waals surface area contributed by atoms with Crippen LogP contribution in [0.5, 0.6) is 0 Å². The minimum absolute atomic E-state index is 1.33. The highest BCUT2D eigenvalue weighted by Crippen LogP contribution is 2.00. The van der Waals surface area contributed by atoms with E-state index in [2.05, 4.69) is 89.4 Å².